The molecule has 3 heterocycles. The van der Waals surface area contributed by atoms with Crippen LogP contribution in [0.1, 0.15) is 20.8 Å². The van der Waals surface area contributed by atoms with Crippen LogP contribution in [0.2, 0.25) is 5.02 Å². The molecule has 6 heteroatoms. The highest BCUT2D eigenvalue weighted by Gasteiger charge is 2.55. The van der Waals surface area contributed by atoms with Crippen molar-refractivity contribution in [3.05, 3.63) is 83.9 Å². The Hall–Kier alpha value is -3.35. The molecule has 5 aromatic carbocycles. The molecule has 0 bridgehead atoms. The molecule has 3 fully saturated rings. The summed E-state index contributed by atoms with van der Waals surface area (Å²) >= 11 is 6.67. The lowest BCUT2D eigenvalue weighted by molar-refractivity contribution is -0.236. The summed E-state index contributed by atoms with van der Waals surface area (Å²) in [6, 6.07) is 27.6. The third-order valence-corrected chi connectivity index (χ3v) is 10.0. The molecule has 0 N–H and O–H groups in total. The summed E-state index contributed by atoms with van der Waals surface area (Å²) in [4.78, 5) is 0. The van der Waals surface area contributed by atoms with Gasteiger partial charge < -0.3 is 23.7 Å². The number of ether oxygens (including phenoxy) is 5. The molecular weight excluding hydrogens is 572 g/mol. The number of hydrogen-bond acceptors (Lipinski definition) is 5. The first kappa shape index (κ1) is 28.1. The number of fused-ring (bicyclic) bond motifs is 3. The molecule has 44 heavy (non-hydrogen) atoms. The second-order valence-corrected chi connectivity index (χ2v) is 14.4. The second kappa shape index (κ2) is 10.3. The summed E-state index contributed by atoms with van der Waals surface area (Å²) in [6.45, 7) is 11.4. The fourth-order valence-electron chi connectivity index (χ4n) is 7.30. The molecule has 8 rings (SSSR count). The van der Waals surface area contributed by atoms with E-state index in [0.29, 0.717) is 51.3 Å². The number of rotatable bonds is 8. The maximum atomic E-state index is 7.36. The maximum Gasteiger partial charge on any atom is 0.135 e. The fourth-order valence-corrected chi connectivity index (χ4v) is 7.47. The molecule has 0 spiro atoms. The van der Waals surface area contributed by atoms with E-state index in [1.807, 2.05) is 12.1 Å². The SMILES string of the molecule is CC1(COc2c3ccccc3c(-c3ccc4ccccc4c3OC(C3(C)COC3)C3(C)COC3)c3ccc(Cl)cc23)COC1. The van der Waals surface area contributed by atoms with Gasteiger partial charge in [0.15, 0.2) is 0 Å². The molecule has 0 aromatic heterocycles. The topological polar surface area (TPSA) is 46.2 Å². The summed E-state index contributed by atoms with van der Waals surface area (Å²) in [5.41, 5.74) is 1.95. The van der Waals surface area contributed by atoms with E-state index in [2.05, 4.69) is 87.5 Å². The van der Waals surface area contributed by atoms with Gasteiger partial charge in [-0.1, -0.05) is 93.0 Å². The summed E-state index contributed by atoms with van der Waals surface area (Å²) in [5, 5.41) is 7.13. The van der Waals surface area contributed by atoms with Crippen LogP contribution in [0.5, 0.6) is 11.5 Å². The van der Waals surface area contributed by atoms with Crippen LogP contribution in [0.3, 0.4) is 0 Å². The third kappa shape index (κ3) is 4.47. The van der Waals surface area contributed by atoms with Crippen molar-refractivity contribution in [1.82, 2.24) is 0 Å². The standard InChI is InChI=1S/C38H37ClO5/c1-36(17-40-18-36)19-43-33-29-11-7-6-10-27(29)32(28-15-13-25(39)16-31(28)33)30-14-12-24-8-4-5-9-26(24)34(30)44-35(37(2)20-41-21-37)38(3)22-42-23-38/h4-16,35H,17-23H2,1-3H3. The van der Waals surface area contributed by atoms with E-state index < -0.39 is 0 Å². The lowest BCUT2D eigenvalue weighted by Crippen LogP contribution is -2.63. The van der Waals surface area contributed by atoms with Gasteiger partial charge in [0, 0.05) is 37.7 Å². The van der Waals surface area contributed by atoms with E-state index in [1.54, 1.807) is 0 Å². The first-order valence-electron chi connectivity index (χ1n) is 15.5. The Morgan fingerprint density at radius 2 is 1.27 bits per heavy atom. The zero-order chi connectivity index (χ0) is 30.1. The Bertz CT molecular complexity index is 1880. The van der Waals surface area contributed by atoms with E-state index in [1.165, 1.54) is 0 Å². The third-order valence-electron chi connectivity index (χ3n) is 9.78. The number of hydrogen-bond donors (Lipinski definition) is 0. The number of benzene rings is 5. The van der Waals surface area contributed by atoms with Crippen molar-refractivity contribution >= 4 is 43.9 Å². The van der Waals surface area contributed by atoms with Gasteiger partial charge in [0.25, 0.3) is 0 Å². The molecule has 5 aromatic rings. The van der Waals surface area contributed by atoms with E-state index in [4.69, 9.17) is 35.3 Å². The minimum absolute atomic E-state index is 0.00173. The first-order valence-corrected chi connectivity index (χ1v) is 15.8. The smallest absolute Gasteiger partial charge is 0.135 e. The highest BCUT2D eigenvalue weighted by molar-refractivity contribution is 6.32. The Labute approximate surface area is 262 Å². The normalized spacial score (nSPS) is 19.8. The van der Waals surface area contributed by atoms with Crippen molar-refractivity contribution in [2.45, 2.75) is 26.9 Å². The second-order valence-electron chi connectivity index (χ2n) is 14.0. The Morgan fingerprint density at radius 1 is 0.659 bits per heavy atom. The van der Waals surface area contributed by atoms with Gasteiger partial charge in [-0.3, -0.25) is 0 Å². The average molecular weight is 609 g/mol. The Morgan fingerprint density at radius 3 is 1.91 bits per heavy atom. The molecular formula is C38H37ClO5. The zero-order valence-electron chi connectivity index (χ0n) is 25.5. The van der Waals surface area contributed by atoms with Crippen LogP contribution in [-0.4, -0.2) is 52.4 Å². The Kier molecular flexibility index (Phi) is 6.62. The van der Waals surface area contributed by atoms with Crippen molar-refractivity contribution in [3.63, 3.8) is 0 Å². The van der Waals surface area contributed by atoms with E-state index in [9.17, 15) is 0 Å². The Balaban J connectivity index is 1.38. The molecule has 226 valence electrons. The summed E-state index contributed by atoms with van der Waals surface area (Å²) < 4.78 is 31.1. The monoisotopic (exact) mass is 608 g/mol. The van der Waals surface area contributed by atoms with Gasteiger partial charge in [0.2, 0.25) is 0 Å². The molecule has 0 radical (unpaired) electrons. The van der Waals surface area contributed by atoms with Gasteiger partial charge in [-0.15, -0.1) is 0 Å². The maximum absolute atomic E-state index is 7.36. The summed E-state index contributed by atoms with van der Waals surface area (Å²) in [5.74, 6) is 1.75. The van der Waals surface area contributed by atoms with Crippen LogP contribution >= 0.6 is 11.6 Å². The van der Waals surface area contributed by atoms with Gasteiger partial charge in [-0.2, -0.15) is 0 Å². The molecule has 5 nitrogen and oxygen atoms in total. The van der Waals surface area contributed by atoms with Gasteiger partial charge in [0.05, 0.1) is 57.1 Å². The predicted molar refractivity (Wildman–Crippen MR) is 176 cm³/mol. The highest BCUT2D eigenvalue weighted by atomic mass is 35.5. The molecule has 0 saturated carbocycles. The van der Waals surface area contributed by atoms with Crippen molar-refractivity contribution in [2.75, 3.05) is 46.2 Å². The van der Waals surface area contributed by atoms with Crippen LogP contribution in [0.15, 0.2) is 78.9 Å². The zero-order valence-corrected chi connectivity index (χ0v) is 26.2. The van der Waals surface area contributed by atoms with Crippen molar-refractivity contribution in [2.24, 2.45) is 16.2 Å². The largest absolute Gasteiger partial charge is 0.492 e. The van der Waals surface area contributed by atoms with Gasteiger partial charge in [-0.25, -0.2) is 0 Å². The predicted octanol–water partition coefficient (Wildman–Crippen LogP) is 8.70. The molecule has 0 amide bonds. The van der Waals surface area contributed by atoms with E-state index in [0.717, 1.165) is 54.9 Å². The summed E-state index contributed by atoms with van der Waals surface area (Å²) in [7, 11) is 0. The number of halogens is 1. The molecule has 0 aliphatic carbocycles. The van der Waals surface area contributed by atoms with Crippen LogP contribution in [0.4, 0.5) is 0 Å². The molecule has 3 saturated heterocycles. The van der Waals surface area contributed by atoms with Crippen LogP contribution in [-0.2, 0) is 14.2 Å². The van der Waals surface area contributed by atoms with Crippen molar-refractivity contribution < 1.29 is 23.7 Å². The van der Waals surface area contributed by atoms with E-state index in [-0.39, 0.29) is 22.3 Å². The molecule has 3 aliphatic rings. The minimum Gasteiger partial charge on any atom is -0.492 e. The lowest BCUT2D eigenvalue weighted by Gasteiger charge is -2.54. The van der Waals surface area contributed by atoms with Crippen LogP contribution in [0, 0.1) is 16.2 Å². The molecule has 0 atom stereocenters. The van der Waals surface area contributed by atoms with E-state index >= 15 is 0 Å². The van der Waals surface area contributed by atoms with Gasteiger partial charge in [0.1, 0.15) is 17.6 Å². The fraction of sp³-hybridized carbons (Fsp3) is 0.368. The van der Waals surface area contributed by atoms with Crippen molar-refractivity contribution in [3.8, 4) is 22.6 Å². The van der Waals surface area contributed by atoms with Crippen molar-refractivity contribution in [1.29, 1.82) is 0 Å². The molecule has 3 aliphatic heterocycles. The summed E-state index contributed by atoms with van der Waals surface area (Å²) in [6.07, 6.45) is -0.0814. The average Bonchev–Trinajstić information content (AvgIpc) is 2.99. The molecule has 0 unspecified atom stereocenters. The highest BCUT2D eigenvalue weighted by Crippen LogP contribution is 2.52. The van der Waals surface area contributed by atoms with Crippen LogP contribution < -0.4 is 9.47 Å². The quantitative estimate of drug-likeness (QED) is 0.165. The van der Waals surface area contributed by atoms with Gasteiger partial charge in [-0.05, 0) is 34.4 Å². The van der Waals surface area contributed by atoms with Gasteiger partial charge >= 0.3 is 0 Å². The minimum atomic E-state index is -0.108. The first-order chi connectivity index (χ1) is 21.3. The van der Waals surface area contributed by atoms with Crippen LogP contribution in [0.25, 0.3) is 43.4 Å². The lowest BCUT2D eigenvalue weighted by atomic mass is 9.67.